The maximum absolute atomic E-state index is 11.4. The molecule has 1 aliphatic rings. The lowest BCUT2D eigenvalue weighted by molar-refractivity contribution is -0.385. The molecule has 2 N–H and O–H groups in total. The molecule has 1 fully saturated rings. The molecule has 1 atom stereocenters. The summed E-state index contributed by atoms with van der Waals surface area (Å²) in [5.41, 5.74) is 1.34. The molecule has 1 aromatic rings. The standard InChI is InChI=1S/C12H13N3O4/c1-7-8(3-2-4-10(7)15(18)19)6-13-9-5-11(16)14-12(9)17/h2-4,9,13H,5-6H2,1H3,(H,14,16,17). The summed E-state index contributed by atoms with van der Waals surface area (Å²) in [6, 6.07) is 4.22. The summed E-state index contributed by atoms with van der Waals surface area (Å²) in [4.78, 5) is 32.8. The van der Waals surface area contributed by atoms with Gasteiger partial charge >= 0.3 is 0 Å². The Balaban J connectivity index is 2.08. The fraction of sp³-hybridized carbons (Fsp3) is 0.333. The molecule has 1 aromatic carbocycles. The van der Waals surface area contributed by atoms with Crippen LogP contribution in [-0.2, 0) is 16.1 Å². The van der Waals surface area contributed by atoms with E-state index in [0.717, 1.165) is 5.56 Å². The van der Waals surface area contributed by atoms with E-state index in [9.17, 15) is 19.7 Å². The highest BCUT2D eigenvalue weighted by Crippen LogP contribution is 2.21. The highest BCUT2D eigenvalue weighted by atomic mass is 16.6. The van der Waals surface area contributed by atoms with Crippen molar-refractivity contribution in [3.05, 3.63) is 39.4 Å². The van der Waals surface area contributed by atoms with Crippen LogP contribution in [-0.4, -0.2) is 22.8 Å². The molecule has 0 aromatic heterocycles. The molecule has 0 aliphatic carbocycles. The fourth-order valence-electron chi connectivity index (χ4n) is 2.01. The monoisotopic (exact) mass is 263 g/mol. The first-order chi connectivity index (χ1) is 8.99. The van der Waals surface area contributed by atoms with Crippen LogP contribution in [0.4, 0.5) is 5.69 Å². The zero-order valence-corrected chi connectivity index (χ0v) is 10.3. The van der Waals surface area contributed by atoms with Gasteiger partial charge in [0.25, 0.3) is 5.69 Å². The van der Waals surface area contributed by atoms with Crippen LogP contribution in [0, 0.1) is 17.0 Å². The number of nitrogens with zero attached hydrogens (tertiary/aromatic N) is 1. The normalized spacial score (nSPS) is 18.5. The maximum atomic E-state index is 11.4. The van der Waals surface area contributed by atoms with Crippen molar-refractivity contribution < 1.29 is 14.5 Å². The SMILES string of the molecule is Cc1c(CNC2CC(=O)NC2=O)cccc1[N+](=O)[O-]. The van der Waals surface area contributed by atoms with Gasteiger partial charge in [-0.3, -0.25) is 25.0 Å². The first-order valence-electron chi connectivity index (χ1n) is 5.79. The van der Waals surface area contributed by atoms with Crippen molar-refractivity contribution in [2.24, 2.45) is 0 Å². The molecular weight excluding hydrogens is 250 g/mol. The van der Waals surface area contributed by atoms with Crippen LogP contribution in [0.5, 0.6) is 0 Å². The van der Waals surface area contributed by atoms with E-state index >= 15 is 0 Å². The van der Waals surface area contributed by atoms with E-state index in [-0.39, 0.29) is 23.9 Å². The van der Waals surface area contributed by atoms with E-state index in [2.05, 4.69) is 10.6 Å². The first kappa shape index (κ1) is 13.2. The van der Waals surface area contributed by atoms with Gasteiger partial charge in [0.15, 0.2) is 0 Å². The summed E-state index contributed by atoms with van der Waals surface area (Å²) < 4.78 is 0. The van der Waals surface area contributed by atoms with Gasteiger partial charge in [-0.1, -0.05) is 12.1 Å². The van der Waals surface area contributed by atoms with Crippen LogP contribution >= 0.6 is 0 Å². The Morgan fingerprint density at radius 2 is 2.21 bits per heavy atom. The number of carbonyl (C=O) groups excluding carboxylic acids is 2. The van der Waals surface area contributed by atoms with E-state index in [0.29, 0.717) is 12.1 Å². The molecule has 1 aliphatic heterocycles. The molecule has 0 spiro atoms. The van der Waals surface area contributed by atoms with Gasteiger partial charge in [0.1, 0.15) is 0 Å². The smallest absolute Gasteiger partial charge is 0.272 e. The van der Waals surface area contributed by atoms with Gasteiger partial charge in [0, 0.05) is 18.2 Å². The van der Waals surface area contributed by atoms with Gasteiger partial charge in [-0.05, 0) is 12.5 Å². The number of nitro benzene ring substituents is 1. The van der Waals surface area contributed by atoms with Crippen LogP contribution in [0.2, 0.25) is 0 Å². The molecule has 1 saturated heterocycles. The van der Waals surface area contributed by atoms with Gasteiger partial charge < -0.3 is 5.32 Å². The Kier molecular flexibility index (Phi) is 3.57. The van der Waals surface area contributed by atoms with Crippen LogP contribution < -0.4 is 10.6 Å². The summed E-state index contributed by atoms with van der Waals surface area (Å²) in [6.07, 6.45) is 0.104. The van der Waals surface area contributed by atoms with E-state index in [1.165, 1.54) is 6.07 Å². The third kappa shape index (κ3) is 2.76. The Labute approximate surface area is 109 Å². The van der Waals surface area contributed by atoms with Crippen LogP contribution in [0.1, 0.15) is 17.5 Å². The lowest BCUT2D eigenvalue weighted by Gasteiger charge is -2.11. The van der Waals surface area contributed by atoms with Crippen molar-refractivity contribution in [2.75, 3.05) is 0 Å². The molecule has 19 heavy (non-hydrogen) atoms. The van der Waals surface area contributed by atoms with Crippen LogP contribution in [0.15, 0.2) is 18.2 Å². The summed E-state index contributed by atoms with van der Waals surface area (Å²) >= 11 is 0. The van der Waals surface area contributed by atoms with Crippen molar-refractivity contribution in [3.63, 3.8) is 0 Å². The molecule has 0 radical (unpaired) electrons. The summed E-state index contributed by atoms with van der Waals surface area (Å²) in [7, 11) is 0. The molecular formula is C12H13N3O4. The van der Waals surface area contributed by atoms with Crippen molar-refractivity contribution in [3.8, 4) is 0 Å². The zero-order valence-electron chi connectivity index (χ0n) is 10.3. The molecule has 0 saturated carbocycles. The largest absolute Gasteiger partial charge is 0.301 e. The number of carbonyl (C=O) groups is 2. The molecule has 2 amide bonds. The van der Waals surface area contributed by atoms with Crippen molar-refractivity contribution >= 4 is 17.5 Å². The number of rotatable bonds is 4. The number of imide groups is 1. The molecule has 0 bridgehead atoms. The van der Waals surface area contributed by atoms with Gasteiger partial charge in [0.05, 0.1) is 17.4 Å². The number of nitro groups is 1. The van der Waals surface area contributed by atoms with E-state index in [4.69, 9.17) is 0 Å². The Hall–Kier alpha value is -2.28. The number of benzene rings is 1. The van der Waals surface area contributed by atoms with Crippen LogP contribution in [0.3, 0.4) is 0 Å². The minimum absolute atomic E-state index is 0.0475. The van der Waals surface area contributed by atoms with E-state index in [1.807, 2.05) is 0 Å². The van der Waals surface area contributed by atoms with E-state index < -0.39 is 11.0 Å². The molecule has 2 rings (SSSR count). The second-order valence-electron chi connectivity index (χ2n) is 4.37. The summed E-state index contributed by atoms with van der Waals surface area (Å²) in [5, 5.41) is 15.9. The number of amides is 2. The van der Waals surface area contributed by atoms with Crippen LogP contribution in [0.25, 0.3) is 0 Å². The molecule has 1 heterocycles. The lowest BCUT2D eigenvalue weighted by atomic mass is 10.1. The second-order valence-corrected chi connectivity index (χ2v) is 4.37. The minimum Gasteiger partial charge on any atom is -0.301 e. The van der Waals surface area contributed by atoms with Crippen molar-refractivity contribution in [1.82, 2.24) is 10.6 Å². The molecule has 100 valence electrons. The third-order valence-corrected chi connectivity index (χ3v) is 3.12. The predicted octanol–water partition coefficient (Wildman–Crippen LogP) is 0.408. The maximum Gasteiger partial charge on any atom is 0.272 e. The number of nitrogens with one attached hydrogen (secondary N) is 2. The van der Waals surface area contributed by atoms with Crippen molar-refractivity contribution in [2.45, 2.75) is 25.9 Å². The van der Waals surface area contributed by atoms with Gasteiger partial charge in [0.2, 0.25) is 11.8 Å². The third-order valence-electron chi connectivity index (χ3n) is 3.12. The average Bonchev–Trinajstić information content (AvgIpc) is 2.66. The molecule has 7 heteroatoms. The lowest BCUT2D eigenvalue weighted by Crippen LogP contribution is -2.35. The van der Waals surface area contributed by atoms with Gasteiger partial charge in [-0.25, -0.2) is 0 Å². The Morgan fingerprint density at radius 1 is 1.47 bits per heavy atom. The molecule has 1 unspecified atom stereocenters. The fourth-order valence-corrected chi connectivity index (χ4v) is 2.01. The Bertz CT molecular complexity index is 556. The van der Waals surface area contributed by atoms with Gasteiger partial charge in [-0.15, -0.1) is 0 Å². The first-order valence-corrected chi connectivity index (χ1v) is 5.79. The highest BCUT2D eigenvalue weighted by molar-refractivity contribution is 6.05. The Morgan fingerprint density at radius 3 is 2.79 bits per heavy atom. The van der Waals surface area contributed by atoms with Gasteiger partial charge in [-0.2, -0.15) is 0 Å². The second kappa shape index (κ2) is 5.15. The quantitative estimate of drug-likeness (QED) is 0.465. The minimum atomic E-state index is -0.564. The zero-order chi connectivity index (χ0) is 14.0. The molecule has 7 nitrogen and oxygen atoms in total. The number of hydrogen-bond acceptors (Lipinski definition) is 5. The van der Waals surface area contributed by atoms with Crippen molar-refractivity contribution in [1.29, 1.82) is 0 Å². The predicted molar refractivity (Wildman–Crippen MR) is 66.2 cm³/mol. The average molecular weight is 263 g/mol. The summed E-state index contributed by atoms with van der Waals surface area (Å²) in [5.74, 6) is -0.661. The number of hydrogen-bond donors (Lipinski definition) is 2. The summed E-state index contributed by atoms with van der Waals surface area (Å²) in [6.45, 7) is 1.97. The van der Waals surface area contributed by atoms with E-state index in [1.54, 1.807) is 19.1 Å². The highest BCUT2D eigenvalue weighted by Gasteiger charge is 2.30. The topological polar surface area (TPSA) is 101 Å².